The van der Waals surface area contributed by atoms with Gasteiger partial charge in [0.1, 0.15) is 5.52 Å². The Bertz CT molecular complexity index is 1490. The highest BCUT2D eigenvalue weighted by atomic mass is 35.5. The standard InChI is InChI=1S/C28H31ClN4O3S2/c1-4-32(5-2)18-19-33(28-30-26-24(29)12-9-13-25(26)37-28)27(34)22-14-16-23(17-15-22)38(35,36)31(3)20-21-10-7-6-8-11-21/h6-17H,4-5,18-20H2,1-3H3. The van der Waals surface area contributed by atoms with Crippen molar-refractivity contribution in [1.29, 1.82) is 0 Å². The molecule has 200 valence electrons. The van der Waals surface area contributed by atoms with Crippen molar-refractivity contribution in [3.8, 4) is 0 Å². The predicted molar refractivity (Wildman–Crippen MR) is 156 cm³/mol. The van der Waals surface area contributed by atoms with E-state index in [-0.39, 0.29) is 17.3 Å². The second-order valence-corrected chi connectivity index (χ2v) is 12.3. The molecule has 1 amide bonds. The van der Waals surface area contributed by atoms with Gasteiger partial charge in [0, 0.05) is 32.2 Å². The fraction of sp³-hybridized carbons (Fsp3) is 0.286. The second kappa shape index (κ2) is 12.4. The Morgan fingerprint density at radius 2 is 1.61 bits per heavy atom. The Labute approximate surface area is 233 Å². The Morgan fingerprint density at radius 3 is 2.24 bits per heavy atom. The molecular weight excluding hydrogens is 540 g/mol. The van der Waals surface area contributed by atoms with E-state index in [9.17, 15) is 13.2 Å². The molecule has 0 radical (unpaired) electrons. The number of carbonyl (C=O) groups is 1. The summed E-state index contributed by atoms with van der Waals surface area (Å²) in [5.74, 6) is -0.242. The van der Waals surface area contributed by atoms with Gasteiger partial charge in [-0.1, -0.05) is 73.2 Å². The third-order valence-electron chi connectivity index (χ3n) is 6.43. The molecule has 7 nitrogen and oxygen atoms in total. The van der Waals surface area contributed by atoms with Gasteiger partial charge in [0.25, 0.3) is 5.91 Å². The number of hydrogen-bond acceptors (Lipinski definition) is 6. The Kier molecular flexibility index (Phi) is 9.17. The van der Waals surface area contributed by atoms with Gasteiger partial charge < -0.3 is 4.90 Å². The number of hydrogen-bond donors (Lipinski definition) is 0. The number of aromatic nitrogens is 1. The Morgan fingerprint density at radius 1 is 0.921 bits per heavy atom. The lowest BCUT2D eigenvalue weighted by molar-refractivity contribution is 0.0983. The summed E-state index contributed by atoms with van der Waals surface area (Å²) in [6.45, 7) is 7.28. The molecule has 0 saturated carbocycles. The maximum atomic E-state index is 13.7. The molecular formula is C28H31ClN4O3S2. The van der Waals surface area contributed by atoms with Crippen molar-refractivity contribution in [3.63, 3.8) is 0 Å². The molecule has 4 aromatic rings. The third kappa shape index (κ3) is 6.24. The minimum Gasteiger partial charge on any atom is -0.302 e. The van der Waals surface area contributed by atoms with Crippen molar-refractivity contribution in [2.24, 2.45) is 0 Å². The highest BCUT2D eigenvalue weighted by Gasteiger charge is 2.25. The minimum atomic E-state index is -3.73. The zero-order valence-corrected chi connectivity index (χ0v) is 24.1. The first-order chi connectivity index (χ1) is 18.2. The summed E-state index contributed by atoms with van der Waals surface area (Å²) >= 11 is 7.76. The number of thiazole rings is 1. The topological polar surface area (TPSA) is 73.8 Å². The summed E-state index contributed by atoms with van der Waals surface area (Å²) < 4.78 is 28.5. The third-order valence-corrected chi connectivity index (χ3v) is 9.59. The lowest BCUT2D eigenvalue weighted by Gasteiger charge is -2.25. The quantitative estimate of drug-likeness (QED) is 0.229. The van der Waals surface area contributed by atoms with Crippen molar-refractivity contribution in [1.82, 2.24) is 14.2 Å². The van der Waals surface area contributed by atoms with E-state index < -0.39 is 10.0 Å². The van der Waals surface area contributed by atoms with Gasteiger partial charge in [-0.2, -0.15) is 4.31 Å². The zero-order valence-electron chi connectivity index (χ0n) is 21.7. The molecule has 0 bridgehead atoms. The number of halogens is 1. The SMILES string of the molecule is CCN(CC)CCN(C(=O)c1ccc(S(=O)(=O)N(C)Cc2ccccc2)cc1)c1nc2c(Cl)cccc2s1. The van der Waals surface area contributed by atoms with E-state index in [1.54, 1.807) is 30.1 Å². The number of para-hydroxylation sites is 1. The largest absolute Gasteiger partial charge is 0.302 e. The molecule has 0 unspecified atom stereocenters. The van der Waals surface area contributed by atoms with Crippen LogP contribution in [-0.2, 0) is 16.6 Å². The van der Waals surface area contributed by atoms with Crippen molar-refractivity contribution < 1.29 is 13.2 Å². The summed E-state index contributed by atoms with van der Waals surface area (Å²) in [5, 5.41) is 1.10. The van der Waals surface area contributed by atoms with Crippen molar-refractivity contribution in [3.05, 3.63) is 88.9 Å². The fourth-order valence-corrected chi connectivity index (χ4v) is 6.56. The summed E-state index contributed by atoms with van der Waals surface area (Å²) in [5.41, 5.74) is 1.95. The lowest BCUT2D eigenvalue weighted by atomic mass is 10.2. The molecule has 3 aromatic carbocycles. The van der Waals surface area contributed by atoms with Crippen LogP contribution in [0.15, 0.2) is 77.7 Å². The molecule has 0 fully saturated rings. The number of sulfonamides is 1. The summed E-state index contributed by atoms with van der Waals surface area (Å²) in [6, 6.07) is 21.1. The van der Waals surface area contributed by atoms with E-state index in [2.05, 4.69) is 23.7 Å². The molecule has 0 aliphatic heterocycles. The molecule has 0 spiro atoms. The maximum Gasteiger partial charge on any atom is 0.260 e. The zero-order chi connectivity index (χ0) is 27.3. The van der Waals surface area contributed by atoms with Gasteiger partial charge >= 0.3 is 0 Å². The molecule has 10 heteroatoms. The van der Waals surface area contributed by atoms with E-state index in [4.69, 9.17) is 11.6 Å². The molecule has 1 aromatic heterocycles. The predicted octanol–water partition coefficient (Wildman–Crippen LogP) is 5.76. The molecule has 1 heterocycles. The van der Waals surface area contributed by atoms with Crippen molar-refractivity contribution >= 4 is 54.2 Å². The van der Waals surface area contributed by atoms with Gasteiger partial charge in [0.05, 0.1) is 14.6 Å². The summed E-state index contributed by atoms with van der Waals surface area (Å²) in [6.07, 6.45) is 0. The van der Waals surface area contributed by atoms with Crippen LogP contribution in [0.25, 0.3) is 10.2 Å². The summed E-state index contributed by atoms with van der Waals surface area (Å²) in [4.78, 5) is 22.4. The highest BCUT2D eigenvalue weighted by Crippen LogP contribution is 2.33. The Hall–Kier alpha value is -2.82. The first-order valence-electron chi connectivity index (χ1n) is 12.4. The lowest BCUT2D eigenvalue weighted by Crippen LogP contribution is -2.38. The van der Waals surface area contributed by atoms with E-state index >= 15 is 0 Å². The monoisotopic (exact) mass is 570 g/mol. The van der Waals surface area contributed by atoms with Crippen LogP contribution in [0.1, 0.15) is 29.8 Å². The van der Waals surface area contributed by atoms with E-state index in [0.717, 1.165) is 23.4 Å². The second-order valence-electron chi connectivity index (χ2n) is 8.84. The molecule has 0 aliphatic carbocycles. The number of benzene rings is 3. The molecule has 0 saturated heterocycles. The van der Waals surface area contributed by atoms with Gasteiger partial charge in [-0.3, -0.25) is 9.69 Å². The minimum absolute atomic E-state index is 0.133. The highest BCUT2D eigenvalue weighted by molar-refractivity contribution is 7.89. The van der Waals surface area contributed by atoms with Crippen LogP contribution in [0.2, 0.25) is 5.02 Å². The van der Waals surface area contributed by atoms with Gasteiger partial charge in [-0.15, -0.1) is 0 Å². The molecule has 0 aliphatic rings. The van der Waals surface area contributed by atoms with E-state index in [1.807, 2.05) is 42.5 Å². The first-order valence-corrected chi connectivity index (χ1v) is 15.1. The van der Waals surface area contributed by atoms with Crippen LogP contribution in [-0.4, -0.2) is 61.7 Å². The van der Waals surface area contributed by atoms with Gasteiger partial charge in [0.2, 0.25) is 10.0 Å². The molecule has 4 rings (SSSR count). The van der Waals surface area contributed by atoms with Crippen molar-refractivity contribution in [2.45, 2.75) is 25.3 Å². The summed E-state index contributed by atoms with van der Waals surface area (Å²) in [7, 11) is -2.18. The fourth-order valence-electron chi connectivity index (χ4n) is 4.11. The average Bonchev–Trinajstić information content (AvgIpc) is 3.37. The molecule has 38 heavy (non-hydrogen) atoms. The molecule has 0 N–H and O–H groups in total. The van der Waals surface area contributed by atoms with Crippen LogP contribution < -0.4 is 4.90 Å². The average molecular weight is 571 g/mol. The number of anilines is 1. The number of amides is 1. The van der Waals surface area contributed by atoms with Crippen LogP contribution in [0.4, 0.5) is 5.13 Å². The van der Waals surface area contributed by atoms with Crippen molar-refractivity contribution in [2.75, 3.05) is 38.1 Å². The van der Waals surface area contributed by atoms with Gasteiger partial charge in [0.15, 0.2) is 5.13 Å². The number of carbonyl (C=O) groups excluding carboxylic acids is 1. The smallest absolute Gasteiger partial charge is 0.260 e. The van der Waals surface area contributed by atoms with Gasteiger partial charge in [-0.05, 0) is 55.1 Å². The first kappa shape index (κ1) is 28.2. The maximum absolute atomic E-state index is 13.7. The normalized spacial score (nSPS) is 11.9. The van der Waals surface area contributed by atoms with Crippen LogP contribution in [0.5, 0.6) is 0 Å². The number of nitrogens with zero attached hydrogens (tertiary/aromatic N) is 4. The molecule has 0 atom stereocenters. The van der Waals surface area contributed by atoms with E-state index in [0.29, 0.717) is 34.3 Å². The van der Waals surface area contributed by atoms with Crippen LogP contribution in [0.3, 0.4) is 0 Å². The number of rotatable bonds is 11. The van der Waals surface area contributed by atoms with Gasteiger partial charge in [-0.25, -0.2) is 13.4 Å². The number of fused-ring (bicyclic) bond motifs is 1. The van der Waals surface area contributed by atoms with E-state index in [1.165, 1.54) is 27.8 Å². The van der Waals surface area contributed by atoms with Crippen LogP contribution in [0, 0.1) is 0 Å². The Balaban J connectivity index is 1.59. The van der Waals surface area contributed by atoms with Crippen LogP contribution >= 0.6 is 22.9 Å². The number of likely N-dealkylation sites (N-methyl/N-ethyl adjacent to an activating group) is 1.